The van der Waals surface area contributed by atoms with Crippen LogP contribution in [-0.4, -0.2) is 32.8 Å². The normalized spacial score (nSPS) is 13.6. The zero-order valence-electron chi connectivity index (χ0n) is 14.1. The van der Waals surface area contributed by atoms with Crippen LogP contribution in [-0.2, 0) is 0 Å². The summed E-state index contributed by atoms with van der Waals surface area (Å²) in [6, 6.07) is 13.3. The van der Waals surface area contributed by atoms with Gasteiger partial charge >= 0.3 is 0 Å². The van der Waals surface area contributed by atoms with Gasteiger partial charge in [-0.2, -0.15) is 10.1 Å². The van der Waals surface area contributed by atoms with Crippen molar-refractivity contribution in [2.45, 2.75) is 6.92 Å². The molecule has 0 unspecified atom stereocenters. The number of nitrogens with one attached hydrogen (secondary N) is 1. The number of hydrazone groups is 1. The number of aryl methyl sites for hydroxylation is 1. The van der Waals surface area contributed by atoms with Crippen LogP contribution in [0.4, 0.5) is 0 Å². The highest BCUT2D eigenvalue weighted by Crippen LogP contribution is 2.22. The zero-order chi connectivity index (χ0) is 19.1. The molecule has 0 atom stereocenters. The summed E-state index contributed by atoms with van der Waals surface area (Å²) in [6.07, 6.45) is 1.22. The number of fused-ring (bicyclic) bond motifs is 1. The average Bonchev–Trinajstić information content (AvgIpc) is 3.08. The minimum atomic E-state index is -0.518. The van der Waals surface area contributed by atoms with Crippen molar-refractivity contribution < 1.29 is 9.59 Å². The number of aromatic amines is 1. The topological polar surface area (TPSA) is 87.5 Å². The first-order chi connectivity index (χ1) is 13.0. The SMILES string of the molecule is Cc1[nH]n(-c2cccc(Cl)c2)c(=O)c1C=NN1C(=O)c2ccccc2C1=O. The standard InChI is InChI=1S/C19H13ClN4O3/c1-11-16(19(27)23(22-11)13-6-4-5-12(20)9-13)10-21-24-17(25)14-7-2-3-8-15(14)18(24)26/h2-10,22H,1H3. The molecule has 27 heavy (non-hydrogen) atoms. The molecule has 8 heteroatoms. The molecule has 0 bridgehead atoms. The highest BCUT2D eigenvalue weighted by Gasteiger charge is 2.35. The largest absolute Gasteiger partial charge is 0.295 e. The highest BCUT2D eigenvalue weighted by atomic mass is 35.5. The third kappa shape index (κ3) is 2.78. The Morgan fingerprint density at radius 1 is 1.00 bits per heavy atom. The number of H-pyrrole nitrogens is 1. The number of carbonyl (C=O) groups excluding carboxylic acids is 2. The predicted molar refractivity (Wildman–Crippen MR) is 101 cm³/mol. The summed E-state index contributed by atoms with van der Waals surface area (Å²) >= 11 is 5.98. The van der Waals surface area contributed by atoms with Crippen LogP contribution in [0, 0.1) is 6.92 Å². The van der Waals surface area contributed by atoms with E-state index in [9.17, 15) is 14.4 Å². The molecule has 1 aromatic heterocycles. The van der Waals surface area contributed by atoms with Crippen molar-refractivity contribution in [1.29, 1.82) is 0 Å². The maximum Gasteiger partial charge on any atom is 0.282 e. The van der Waals surface area contributed by atoms with Crippen LogP contribution in [0.25, 0.3) is 5.69 Å². The van der Waals surface area contributed by atoms with E-state index in [1.807, 2.05) is 0 Å². The Balaban J connectivity index is 1.69. The Morgan fingerprint density at radius 2 is 1.67 bits per heavy atom. The van der Waals surface area contributed by atoms with E-state index in [0.717, 1.165) is 5.01 Å². The molecule has 2 heterocycles. The lowest BCUT2D eigenvalue weighted by Crippen LogP contribution is -2.25. The average molecular weight is 381 g/mol. The number of aromatic nitrogens is 2. The van der Waals surface area contributed by atoms with Gasteiger partial charge in [0.25, 0.3) is 17.4 Å². The number of amides is 2. The molecule has 1 N–H and O–H groups in total. The first-order valence-corrected chi connectivity index (χ1v) is 8.44. The van der Waals surface area contributed by atoms with E-state index in [2.05, 4.69) is 10.2 Å². The van der Waals surface area contributed by atoms with E-state index < -0.39 is 11.8 Å². The first kappa shape index (κ1) is 17.0. The van der Waals surface area contributed by atoms with E-state index >= 15 is 0 Å². The van der Waals surface area contributed by atoms with Gasteiger partial charge in [-0.25, -0.2) is 4.68 Å². The number of hydrogen-bond donors (Lipinski definition) is 1. The van der Waals surface area contributed by atoms with Crippen molar-refractivity contribution in [1.82, 2.24) is 14.8 Å². The molecule has 0 saturated heterocycles. The Kier molecular flexibility index (Phi) is 4.01. The number of hydrogen-bond acceptors (Lipinski definition) is 4. The van der Waals surface area contributed by atoms with Gasteiger partial charge in [0.2, 0.25) is 0 Å². The van der Waals surface area contributed by atoms with Crippen LogP contribution in [0.2, 0.25) is 5.02 Å². The Hall–Kier alpha value is -3.45. The summed E-state index contributed by atoms with van der Waals surface area (Å²) in [7, 11) is 0. The Labute approximate surface area is 158 Å². The molecular weight excluding hydrogens is 368 g/mol. The Morgan fingerprint density at radius 3 is 2.30 bits per heavy atom. The number of nitrogens with zero attached hydrogens (tertiary/aromatic N) is 3. The number of imide groups is 1. The van der Waals surface area contributed by atoms with E-state index in [-0.39, 0.29) is 11.1 Å². The second kappa shape index (κ2) is 6.37. The van der Waals surface area contributed by atoms with Crippen molar-refractivity contribution >= 4 is 29.6 Å². The molecule has 4 rings (SSSR count). The van der Waals surface area contributed by atoms with Gasteiger partial charge in [0.15, 0.2) is 0 Å². The summed E-state index contributed by atoms with van der Waals surface area (Å²) in [6.45, 7) is 1.70. The van der Waals surface area contributed by atoms with Gasteiger partial charge in [0.1, 0.15) is 0 Å². The molecule has 134 valence electrons. The number of carbonyl (C=O) groups is 2. The number of rotatable bonds is 3. The fourth-order valence-electron chi connectivity index (χ4n) is 2.91. The summed E-state index contributed by atoms with van der Waals surface area (Å²) in [5.74, 6) is -1.04. The molecule has 7 nitrogen and oxygen atoms in total. The lowest BCUT2D eigenvalue weighted by atomic mass is 10.1. The molecule has 0 saturated carbocycles. The molecule has 0 radical (unpaired) electrons. The molecule has 0 fully saturated rings. The van der Waals surface area contributed by atoms with Crippen molar-refractivity contribution in [2.24, 2.45) is 5.10 Å². The van der Waals surface area contributed by atoms with Crippen molar-refractivity contribution in [3.05, 3.63) is 86.3 Å². The lowest BCUT2D eigenvalue weighted by Gasteiger charge is -2.04. The van der Waals surface area contributed by atoms with E-state index in [4.69, 9.17) is 11.6 Å². The lowest BCUT2D eigenvalue weighted by molar-refractivity contribution is 0.0660. The number of halogens is 1. The summed E-state index contributed by atoms with van der Waals surface area (Å²) in [5.41, 5.74) is 1.57. The van der Waals surface area contributed by atoms with Gasteiger partial charge in [0.05, 0.1) is 28.6 Å². The third-order valence-electron chi connectivity index (χ3n) is 4.26. The van der Waals surface area contributed by atoms with Gasteiger partial charge < -0.3 is 0 Å². The third-order valence-corrected chi connectivity index (χ3v) is 4.49. The molecule has 1 aliphatic heterocycles. The molecule has 1 aliphatic rings. The van der Waals surface area contributed by atoms with Gasteiger partial charge in [-0.05, 0) is 37.3 Å². The maximum absolute atomic E-state index is 12.7. The van der Waals surface area contributed by atoms with Gasteiger partial charge in [-0.15, -0.1) is 0 Å². The minimum absolute atomic E-state index is 0.242. The van der Waals surface area contributed by atoms with Crippen molar-refractivity contribution in [3.8, 4) is 5.69 Å². The fraction of sp³-hybridized carbons (Fsp3) is 0.0526. The van der Waals surface area contributed by atoms with Crippen LogP contribution >= 0.6 is 11.6 Å². The zero-order valence-corrected chi connectivity index (χ0v) is 14.9. The van der Waals surface area contributed by atoms with Crippen LogP contribution in [0.1, 0.15) is 32.0 Å². The minimum Gasteiger partial charge on any atom is -0.295 e. The van der Waals surface area contributed by atoms with E-state index in [1.54, 1.807) is 55.5 Å². The first-order valence-electron chi connectivity index (χ1n) is 8.06. The summed E-state index contributed by atoms with van der Waals surface area (Å²) < 4.78 is 1.32. The van der Waals surface area contributed by atoms with Crippen LogP contribution in [0.3, 0.4) is 0 Å². The maximum atomic E-state index is 12.7. The quantitative estimate of drug-likeness (QED) is 0.559. The van der Waals surface area contributed by atoms with Crippen molar-refractivity contribution in [2.75, 3.05) is 0 Å². The summed E-state index contributed by atoms with van der Waals surface area (Å²) in [5, 5.41) is 8.16. The molecule has 3 aromatic rings. The van der Waals surface area contributed by atoms with Crippen LogP contribution in [0.5, 0.6) is 0 Å². The van der Waals surface area contributed by atoms with Gasteiger partial charge in [-0.1, -0.05) is 29.8 Å². The smallest absolute Gasteiger partial charge is 0.282 e. The van der Waals surface area contributed by atoms with Gasteiger partial charge in [-0.3, -0.25) is 19.5 Å². The van der Waals surface area contributed by atoms with Crippen LogP contribution in [0.15, 0.2) is 58.4 Å². The molecule has 0 aliphatic carbocycles. The number of benzene rings is 2. The second-order valence-electron chi connectivity index (χ2n) is 5.98. The van der Waals surface area contributed by atoms with Crippen LogP contribution < -0.4 is 5.56 Å². The molecule has 2 amide bonds. The highest BCUT2D eigenvalue weighted by molar-refractivity contribution is 6.30. The van der Waals surface area contributed by atoms with E-state index in [1.165, 1.54) is 10.9 Å². The fourth-order valence-corrected chi connectivity index (χ4v) is 3.09. The molecule has 2 aromatic carbocycles. The molecule has 0 spiro atoms. The second-order valence-corrected chi connectivity index (χ2v) is 6.42. The summed E-state index contributed by atoms with van der Waals surface area (Å²) in [4.78, 5) is 37.4. The monoisotopic (exact) mass is 380 g/mol. The van der Waals surface area contributed by atoms with Crippen molar-refractivity contribution in [3.63, 3.8) is 0 Å². The molecular formula is C19H13ClN4O3. The van der Waals surface area contributed by atoms with E-state index in [0.29, 0.717) is 27.5 Å². The predicted octanol–water partition coefficient (Wildman–Crippen LogP) is 2.76. The van der Waals surface area contributed by atoms with Gasteiger partial charge in [0, 0.05) is 10.7 Å². The Bertz CT molecular complexity index is 1140.